The van der Waals surface area contributed by atoms with Crippen LogP contribution in [0.25, 0.3) is 0 Å². The zero-order valence-electron chi connectivity index (χ0n) is 11.3. The number of hydrogen-bond donors (Lipinski definition) is 1. The van der Waals surface area contributed by atoms with Crippen LogP contribution in [0.4, 0.5) is 5.69 Å². The van der Waals surface area contributed by atoms with Crippen LogP contribution in [-0.2, 0) is 14.3 Å². The molecule has 1 aliphatic heterocycles. The number of hydrogen-bond acceptors (Lipinski definition) is 3. The molecule has 1 N–H and O–H groups in total. The summed E-state index contributed by atoms with van der Waals surface area (Å²) in [6.07, 6.45) is 1.71. The van der Waals surface area contributed by atoms with Gasteiger partial charge in [0.15, 0.2) is 0 Å². The zero-order valence-corrected chi connectivity index (χ0v) is 14.4. The van der Waals surface area contributed by atoms with Crippen molar-refractivity contribution in [2.24, 2.45) is 23.7 Å². The molecule has 1 amide bonds. The Morgan fingerprint density at radius 1 is 1.27 bits per heavy atom. The lowest BCUT2D eigenvalue weighted by molar-refractivity contribution is -0.145. The summed E-state index contributed by atoms with van der Waals surface area (Å²) in [5.74, 6) is -0.596. The molecule has 0 radical (unpaired) electrons. The first kappa shape index (κ1) is 14.8. The molecule has 3 aliphatic rings. The lowest BCUT2D eigenvalue weighted by Crippen LogP contribution is -2.35. The van der Waals surface area contributed by atoms with E-state index in [1.165, 1.54) is 0 Å². The minimum absolute atomic E-state index is 0.0252. The van der Waals surface area contributed by atoms with Crippen LogP contribution in [0.15, 0.2) is 16.6 Å². The number of nitrogens with one attached hydrogen (secondary N) is 1. The van der Waals surface area contributed by atoms with Gasteiger partial charge in [-0.3, -0.25) is 9.59 Å². The molecule has 1 aromatic rings. The quantitative estimate of drug-likeness (QED) is 0.600. The van der Waals surface area contributed by atoms with Crippen LogP contribution in [0, 0.1) is 23.7 Å². The van der Waals surface area contributed by atoms with Gasteiger partial charge in [-0.1, -0.05) is 23.2 Å². The van der Waals surface area contributed by atoms with Gasteiger partial charge < -0.3 is 10.1 Å². The Balaban J connectivity index is 1.59. The van der Waals surface area contributed by atoms with Gasteiger partial charge in [0.2, 0.25) is 5.91 Å². The van der Waals surface area contributed by atoms with Crippen molar-refractivity contribution in [2.45, 2.75) is 18.9 Å². The van der Waals surface area contributed by atoms with Crippen molar-refractivity contribution in [3.05, 3.63) is 26.7 Å². The molecule has 1 aromatic carbocycles. The Kier molecular flexibility index (Phi) is 3.44. The largest absolute Gasteiger partial charge is 0.462 e. The smallest absolute Gasteiger partial charge is 0.310 e. The van der Waals surface area contributed by atoms with Gasteiger partial charge in [-0.05, 0) is 46.8 Å². The average Bonchev–Trinajstić information content (AvgIpc) is 3.09. The average molecular weight is 405 g/mol. The number of ether oxygens (including phenoxy) is 1. The monoisotopic (exact) mass is 403 g/mol. The highest BCUT2D eigenvalue weighted by molar-refractivity contribution is 9.10. The molecular weight excluding hydrogens is 393 g/mol. The summed E-state index contributed by atoms with van der Waals surface area (Å²) in [5, 5.41) is 3.47. The van der Waals surface area contributed by atoms with Crippen LogP contribution in [-0.4, -0.2) is 18.0 Å². The molecule has 4 rings (SSSR count). The summed E-state index contributed by atoms with van der Waals surface area (Å²) in [5.41, 5.74) is 0.463. The van der Waals surface area contributed by atoms with Crippen molar-refractivity contribution in [3.63, 3.8) is 0 Å². The molecular formula is C15H12BrCl2NO3. The SMILES string of the molecule is O=C(Nc1ccc(Br)c(Cl)c1Cl)[C@@H]1[C@@H]2C[C@@H]3[C@H]1C(=O)O[C@@H]3C2. The first-order chi connectivity index (χ1) is 10.5. The second-order valence-electron chi connectivity index (χ2n) is 6.13. The number of benzene rings is 1. The van der Waals surface area contributed by atoms with Gasteiger partial charge >= 0.3 is 5.97 Å². The Morgan fingerprint density at radius 3 is 2.82 bits per heavy atom. The minimum Gasteiger partial charge on any atom is -0.462 e. The zero-order chi connectivity index (χ0) is 15.6. The van der Waals surface area contributed by atoms with E-state index in [1.54, 1.807) is 12.1 Å². The molecule has 22 heavy (non-hydrogen) atoms. The Hall–Kier alpha value is -0.780. The summed E-state index contributed by atoms with van der Waals surface area (Å²) < 4.78 is 6.02. The fraction of sp³-hybridized carbons (Fsp3) is 0.467. The van der Waals surface area contributed by atoms with Gasteiger partial charge in [0.25, 0.3) is 0 Å². The molecule has 1 heterocycles. The number of rotatable bonds is 2. The lowest BCUT2D eigenvalue weighted by atomic mass is 9.79. The first-order valence-corrected chi connectivity index (χ1v) is 8.67. The van der Waals surface area contributed by atoms with Crippen molar-refractivity contribution in [1.29, 1.82) is 0 Å². The van der Waals surface area contributed by atoms with Crippen LogP contribution in [0.3, 0.4) is 0 Å². The lowest BCUT2D eigenvalue weighted by Gasteiger charge is -2.23. The predicted molar refractivity (Wildman–Crippen MR) is 85.9 cm³/mol. The molecule has 2 bridgehead atoms. The summed E-state index contributed by atoms with van der Waals surface area (Å²) in [7, 11) is 0. The summed E-state index contributed by atoms with van der Waals surface area (Å²) in [6.45, 7) is 0. The van der Waals surface area contributed by atoms with E-state index in [0.717, 1.165) is 12.8 Å². The molecule has 0 aromatic heterocycles. The highest BCUT2D eigenvalue weighted by atomic mass is 79.9. The molecule has 116 valence electrons. The molecule has 7 heteroatoms. The van der Waals surface area contributed by atoms with Crippen LogP contribution in [0.1, 0.15) is 12.8 Å². The molecule has 2 saturated carbocycles. The number of fused-ring (bicyclic) bond motifs is 1. The molecule has 2 aliphatic carbocycles. The first-order valence-electron chi connectivity index (χ1n) is 7.12. The number of halogens is 3. The van der Waals surface area contributed by atoms with Crippen molar-refractivity contribution in [2.75, 3.05) is 5.32 Å². The maximum absolute atomic E-state index is 12.7. The van der Waals surface area contributed by atoms with E-state index in [2.05, 4.69) is 21.2 Å². The van der Waals surface area contributed by atoms with Crippen molar-refractivity contribution in [3.8, 4) is 0 Å². The van der Waals surface area contributed by atoms with Gasteiger partial charge in [0.1, 0.15) is 6.10 Å². The van der Waals surface area contributed by atoms with Crippen molar-refractivity contribution >= 4 is 56.7 Å². The third kappa shape index (κ3) is 2.02. The van der Waals surface area contributed by atoms with Gasteiger partial charge in [0, 0.05) is 10.4 Å². The van der Waals surface area contributed by atoms with E-state index in [4.69, 9.17) is 27.9 Å². The van der Waals surface area contributed by atoms with E-state index in [0.29, 0.717) is 20.2 Å². The van der Waals surface area contributed by atoms with Crippen LogP contribution in [0.5, 0.6) is 0 Å². The molecule has 4 nitrogen and oxygen atoms in total. The Labute approximate surface area is 145 Å². The van der Waals surface area contributed by atoms with Crippen LogP contribution < -0.4 is 5.32 Å². The molecule has 0 spiro atoms. The number of esters is 1. The highest BCUT2D eigenvalue weighted by Gasteiger charge is 2.63. The predicted octanol–water partition coefficient (Wildman–Crippen LogP) is 3.89. The molecule has 5 atom stereocenters. The Bertz CT molecular complexity index is 694. The van der Waals surface area contributed by atoms with Gasteiger partial charge in [-0.15, -0.1) is 0 Å². The van der Waals surface area contributed by atoms with Gasteiger partial charge in [-0.25, -0.2) is 0 Å². The molecule has 1 saturated heterocycles. The molecule has 0 unspecified atom stereocenters. The number of carbonyl (C=O) groups excluding carboxylic acids is 2. The number of anilines is 1. The fourth-order valence-electron chi connectivity index (χ4n) is 4.20. The molecule has 3 fully saturated rings. The topological polar surface area (TPSA) is 55.4 Å². The van der Waals surface area contributed by atoms with E-state index < -0.39 is 0 Å². The van der Waals surface area contributed by atoms with Crippen molar-refractivity contribution < 1.29 is 14.3 Å². The second kappa shape index (κ2) is 5.11. The van der Waals surface area contributed by atoms with E-state index in [1.807, 2.05) is 0 Å². The number of amides is 1. The van der Waals surface area contributed by atoms with Gasteiger partial charge in [-0.2, -0.15) is 0 Å². The third-order valence-electron chi connectivity index (χ3n) is 5.08. The third-order valence-corrected chi connectivity index (χ3v) is 6.85. The van der Waals surface area contributed by atoms with E-state index in [-0.39, 0.29) is 41.7 Å². The summed E-state index contributed by atoms with van der Waals surface area (Å²) in [4.78, 5) is 24.6. The van der Waals surface area contributed by atoms with E-state index in [9.17, 15) is 9.59 Å². The fourth-order valence-corrected chi connectivity index (χ4v) is 5.02. The maximum Gasteiger partial charge on any atom is 0.310 e. The summed E-state index contributed by atoms with van der Waals surface area (Å²) in [6, 6.07) is 3.42. The second-order valence-corrected chi connectivity index (χ2v) is 7.74. The van der Waals surface area contributed by atoms with Crippen LogP contribution >= 0.6 is 39.1 Å². The standard InChI is InChI=1S/C15H12BrCl2NO3/c16-7-1-2-8(13(18)12(7)17)19-14(20)10-5-3-6-9(4-5)22-15(21)11(6)10/h1-2,5-6,9-11H,3-4H2,(H,19,20)/t5-,6+,9-,10-,11-/m1/s1. The summed E-state index contributed by atoms with van der Waals surface area (Å²) >= 11 is 15.5. The Morgan fingerprint density at radius 2 is 2.05 bits per heavy atom. The normalized spacial score (nSPS) is 34.9. The van der Waals surface area contributed by atoms with Gasteiger partial charge in [0.05, 0.1) is 27.6 Å². The minimum atomic E-state index is -0.324. The maximum atomic E-state index is 12.7. The number of carbonyl (C=O) groups is 2. The van der Waals surface area contributed by atoms with Crippen molar-refractivity contribution in [1.82, 2.24) is 0 Å². The van der Waals surface area contributed by atoms with E-state index >= 15 is 0 Å². The van der Waals surface area contributed by atoms with Crippen LogP contribution in [0.2, 0.25) is 10.0 Å². The highest BCUT2D eigenvalue weighted by Crippen LogP contribution is 2.57.